The minimum absolute atomic E-state index is 0.630. The van der Waals surface area contributed by atoms with Gasteiger partial charge in [-0.2, -0.15) is 0 Å². The Hall–Kier alpha value is -3.82. The van der Waals surface area contributed by atoms with E-state index in [0.717, 1.165) is 45.9 Å². The molecule has 0 unspecified atom stereocenters. The lowest BCUT2D eigenvalue weighted by Gasteiger charge is -2.14. The summed E-state index contributed by atoms with van der Waals surface area (Å²) in [6.45, 7) is 0. The molecule has 3 nitrogen and oxygen atoms in total. The van der Waals surface area contributed by atoms with Crippen molar-refractivity contribution in [1.82, 2.24) is 9.55 Å². The van der Waals surface area contributed by atoms with Gasteiger partial charge in [0, 0.05) is 41.7 Å². The first-order valence-corrected chi connectivity index (χ1v) is 11.2. The molecule has 0 fully saturated rings. The van der Waals surface area contributed by atoms with Gasteiger partial charge in [0.2, 0.25) is 0 Å². The predicted octanol–water partition coefficient (Wildman–Crippen LogP) is 7.46. The van der Waals surface area contributed by atoms with E-state index < -0.39 is 0 Å². The molecular formula is C29H23ClN2O. The second kappa shape index (κ2) is 9.35. The van der Waals surface area contributed by atoms with Gasteiger partial charge in [-0.05, 0) is 35.4 Å². The lowest BCUT2D eigenvalue weighted by molar-refractivity contribution is 0.415. The molecule has 0 spiro atoms. The summed E-state index contributed by atoms with van der Waals surface area (Å²) in [7, 11) is 1.65. The third kappa shape index (κ3) is 4.28. The van der Waals surface area contributed by atoms with Crippen LogP contribution in [0.2, 0.25) is 5.02 Å². The third-order valence-corrected chi connectivity index (χ3v) is 6.04. The number of pyridine rings is 1. The Labute approximate surface area is 198 Å². The van der Waals surface area contributed by atoms with E-state index in [1.54, 1.807) is 7.11 Å². The molecular weight excluding hydrogens is 428 g/mol. The molecule has 0 radical (unpaired) electrons. The van der Waals surface area contributed by atoms with Gasteiger partial charge in [-0.25, -0.2) is 0 Å². The molecule has 2 aromatic heterocycles. The smallest absolute Gasteiger partial charge is 0.120 e. The summed E-state index contributed by atoms with van der Waals surface area (Å²) in [4.78, 5) is 4.73. The van der Waals surface area contributed by atoms with Crippen LogP contribution in [0.4, 0.5) is 0 Å². The third-order valence-electron chi connectivity index (χ3n) is 5.74. The topological polar surface area (TPSA) is 27.1 Å². The van der Waals surface area contributed by atoms with E-state index in [1.165, 1.54) is 5.56 Å². The van der Waals surface area contributed by atoms with Crippen LogP contribution in [0.3, 0.4) is 0 Å². The molecule has 0 atom stereocenters. The van der Waals surface area contributed by atoms with Crippen LogP contribution in [0.5, 0.6) is 5.75 Å². The number of hydrogen-bond donors (Lipinski definition) is 0. The van der Waals surface area contributed by atoms with E-state index in [0.29, 0.717) is 5.02 Å². The molecule has 0 bridgehead atoms. The highest BCUT2D eigenvalue weighted by Gasteiger charge is 2.22. The standard InChI is InChI=1S/C29H23ClN2O/c1-33-23-15-16-27(25(30)19-23)32-20-24(22-12-6-3-7-13-22)29(26-14-8-9-17-31-26)28(32)18-21-10-4-2-5-11-21/h2-17,19-20H,18H2,1H3. The molecule has 0 aliphatic carbocycles. The van der Waals surface area contributed by atoms with Crippen molar-refractivity contribution in [3.8, 4) is 33.8 Å². The average molecular weight is 451 g/mol. The number of hydrogen-bond acceptors (Lipinski definition) is 2. The fourth-order valence-corrected chi connectivity index (χ4v) is 4.43. The van der Waals surface area contributed by atoms with Crippen molar-refractivity contribution < 1.29 is 4.74 Å². The van der Waals surface area contributed by atoms with Crippen molar-refractivity contribution in [1.29, 1.82) is 0 Å². The van der Waals surface area contributed by atoms with Crippen molar-refractivity contribution >= 4 is 11.6 Å². The van der Waals surface area contributed by atoms with Gasteiger partial charge >= 0.3 is 0 Å². The zero-order chi connectivity index (χ0) is 22.6. The van der Waals surface area contributed by atoms with Crippen LogP contribution in [0, 0.1) is 0 Å². The van der Waals surface area contributed by atoms with Gasteiger partial charge in [0.1, 0.15) is 5.75 Å². The molecule has 0 saturated heterocycles. The second-order valence-corrected chi connectivity index (χ2v) is 8.20. The van der Waals surface area contributed by atoms with Crippen LogP contribution >= 0.6 is 11.6 Å². The zero-order valence-corrected chi connectivity index (χ0v) is 19.0. The maximum absolute atomic E-state index is 6.75. The molecule has 3 aromatic carbocycles. The molecule has 162 valence electrons. The summed E-state index contributed by atoms with van der Waals surface area (Å²) in [6.07, 6.45) is 4.75. The Morgan fingerprint density at radius 3 is 2.24 bits per heavy atom. The van der Waals surface area contributed by atoms with Crippen molar-refractivity contribution in [2.24, 2.45) is 0 Å². The second-order valence-electron chi connectivity index (χ2n) is 7.80. The summed E-state index contributed by atoms with van der Waals surface area (Å²) >= 11 is 6.75. The molecule has 0 amide bonds. The van der Waals surface area contributed by atoms with Gasteiger partial charge in [-0.15, -0.1) is 0 Å². The number of benzene rings is 3. The number of halogens is 1. The van der Waals surface area contributed by atoms with Crippen LogP contribution in [0.1, 0.15) is 11.3 Å². The van der Waals surface area contributed by atoms with Crippen molar-refractivity contribution in [3.05, 3.63) is 126 Å². The molecule has 0 saturated carbocycles. The molecule has 0 N–H and O–H groups in total. The summed E-state index contributed by atoms with van der Waals surface area (Å²) in [5.74, 6) is 0.730. The average Bonchev–Trinajstić information content (AvgIpc) is 3.24. The molecule has 4 heteroatoms. The quantitative estimate of drug-likeness (QED) is 0.268. The summed E-state index contributed by atoms with van der Waals surface area (Å²) in [6, 6.07) is 32.7. The monoisotopic (exact) mass is 450 g/mol. The fourth-order valence-electron chi connectivity index (χ4n) is 4.17. The van der Waals surface area contributed by atoms with Crippen molar-refractivity contribution in [2.75, 3.05) is 7.11 Å². The van der Waals surface area contributed by atoms with Crippen LogP contribution in [-0.2, 0) is 6.42 Å². The van der Waals surface area contributed by atoms with E-state index in [9.17, 15) is 0 Å². The first kappa shape index (κ1) is 21.0. The molecule has 0 aliphatic heterocycles. The van der Waals surface area contributed by atoms with Gasteiger partial charge in [0.15, 0.2) is 0 Å². The summed E-state index contributed by atoms with van der Waals surface area (Å²) in [5, 5.41) is 0.630. The van der Waals surface area contributed by atoms with E-state index in [1.807, 2.05) is 48.7 Å². The highest BCUT2D eigenvalue weighted by molar-refractivity contribution is 6.32. The minimum Gasteiger partial charge on any atom is -0.497 e. The number of nitrogens with zero attached hydrogens (tertiary/aromatic N) is 2. The Kier molecular flexibility index (Phi) is 5.97. The van der Waals surface area contributed by atoms with E-state index >= 15 is 0 Å². The highest BCUT2D eigenvalue weighted by atomic mass is 35.5. The Morgan fingerprint density at radius 1 is 0.848 bits per heavy atom. The maximum Gasteiger partial charge on any atom is 0.120 e. The van der Waals surface area contributed by atoms with E-state index in [2.05, 4.69) is 65.4 Å². The van der Waals surface area contributed by atoms with Crippen molar-refractivity contribution in [3.63, 3.8) is 0 Å². The first-order chi connectivity index (χ1) is 16.2. The molecule has 5 aromatic rings. The maximum atomic E-state index is 6.75. The summed E-state index contributed by atoms with van der Waals surface area (Å²) in [5.41, 5.74) is 7.55. The Balaban J connectivity index is 1.80. The SMILES string of the molecule is COc1ccc(-n2cc(-c3ccccc3)c(-c3ccccn3)c2Cc2ccccc2)c(Cl)c1. The van der Waals surface area contributed by atoms with Crippen LogP contribution in [0.15, 0.2) is 109 Å². The van der Waals surface area contributed by atoms with Crippen LogP contribution in [0.25, 0.3) is 28.1 Å². The Morgan fingerprint density at radius 2 is 1.58 bits per heavy atom. The van der Waals surface area contributed by atoms with Crippen LogP contribution < -0.4 is 4.74 Å². The number of methoxy groups -OCH3 is 1. The lowest BCUT2D eigenvalue weighted by Crippen LogP contribution is -2.03. The predicted molar refractivity (Wildman–Crippen MR) is 135 cm³/mol. The Bertz CT molecular complexity index is 1360. The lowest BCUT2D eigenvalue weighted by atomic mass is 9.97. The number of aromatic nitrogens is 2. The molecule has 33 heavy (non-hydrogen) atoms. The number of ether oxygens (including phenoxy) is 1. The largest absolute Gasteiger partial charge is 0.497 e. The van der Waals surface area contributed by atoms with Crippen LogP contribution in [-0.4, -0.2) is 16.7 Å². The molecule has 5 rings (SSSR count). The normalized spacial score (nSPS) is 10.8. The first-order valence-electron chi connectivity index (χ1n) is 10.8. The minimum atomic E-state index is 0.630. The fraction of sp³-hybridized carbons (Fsp3) is 0.0690. The van der Waals surface area contributed by atoms with Gasteiger partial charge < -0.3 is 9.30 Å². The van der Waals surface area contributed by atoms with E-state index in [-0.39, 0.29) is 0 Å². The number of rotatable bonds is 6. The van der Waals surface area contributed by atoms with Gasteiger partial charge in [-0.1, -0.05) is 78.3 Å². The van der Waals surface area contributed by atoms with Gasteiger partial charge in [0.25, 0.3) is 0 Å². The highest BCUT2D eigenvalue weighted by Crippen LogP contribution is 2.40. The molecule has 0 aliphatic rings. The molecule has 2 heterocycles. The van der Waals surface area contributed by atoms with Crippen molar-refractivity contribution in [2.45, 2.75) is 6.42 Å². The van der Waals surface area contributed by atoms with Gasteiger partial charge in [0.05, 0.1) is 23.5 Å². The van der Waals surface area contributed by atoms with Gasteiger partial charge in [-0.3, -0.25) is 4.98 Å². The zero-order valence-electron chi connectivity index (χ0n) is 18.3. The van der Waals surface area contributed by atoms with E-state index in [4.69, 9.17) is 21.3 Å². The summed E-state index contributed by atoms with van der Waals surface area (Å²) < 4.78 is 7.57.